The lowest BCUT2D eigenvalue weighted by atomic mass is 10.3. The molecule has 7 heteroatoms. The zero-order chi connectivity index (χ0) is 15.7. The van der Waals surface area contributed by atoms with Crippen LogP contribution in [-0.4, -0.2) is 21.0 Å². The number of nitrogens with zero attached hydrogens (tertiary/aromatic N) is 3. The predicted octanol–water partition coefficient (Wildman–Crippen LogP) is 3.06. The molecule has 0 amide bonds. The van der Waals surface area contributed by atoms with Crippen LogP contribution in [0.5, 0.6) is 5.88 Å². The smallest absolute Gasteiger partial charge is 0.388 e. The number of nitrogen functional groups attached to an aromatic ring is 1. The molecule has 2 heterocycles. The van der Waals surface area contributed by atoms with Gasteiger partial charge in [-0.2, -0.15) is 13.9 Å². The summed E-state index contributed by atoms with van der Waals surface area (Å²) in [6, 6.07) is 11.9. The molecular weight excluding hydrogens is 290 g/mol. The number of benzene rings is 1. The number of aromatic nitrogens is 3. The number of anilines is 1. The summed E-state index contributed by atoms with van der Waals surface area (Å²) in [6.07, 6.45) is 1.85. The van der Waals surface area contributed by atoms with Gasteiger partial charge in [-0.05, 0) is 36.4 Å². The van der Waals surface area contributed by atoms with Crippen molar-refractivity contribution in [2.75, 3.05) is 5.73 Å². The first-order valence-electron chi connectivity index (χ1n) is 6.57. The quantitative estimate of drug-likeness (QED) is 0.754. The van der Waals surface area contributed by atoms with E-state index in [-0.39, 0.29) is 5.88 Å². The highest BCUT2D eigenvalue weighted by Crippen LogP contribution is 2.27. The molecule has 0 spiro atoms. The van der Waals surface area contributed by atoms with Crippen molar-refractivity contribution in [2.24, 2.45) is 7.05 Å². The minimum atomic E-state index is -2.93. The Hall–Kier alpha value is -2.83. The van der Waals surface area contributed by atoms with Crippen molar-refractivity contribution in [3.63, 3.8) is 0 Å². The van der Waals surface area contributed by atoms with Crippen molar-refractivity contribution in [1.82, 2.24) is 14.3 Å². The summed E-state index contributed by atoms with van der Waals surface area (Å²) in [5.74, 6) is -0.0315. The predicted molar refractivity (Wildman–Crippen MR) is 79.0 cm³/mol. The molecule has 0 aliphatic rings. The topological polar surface area (TPSA) is 58.0 Å². The SMILES string of the molecule is Cn1cccc1-c1cc(OC(F)F)n(-c2ccc(N)cc2)n1. The number of alkyl halides is 2. The minimum absolute atomic E-state index is 0.0315. The normalized spacial score (nSPS) is 11.1. The van der Waals surface area contributed by atoms with Crippen molar-refractivity contribution in [3.8, 4) is 23.0 Å². The third-order valence-corrected chi connectivity index (χ3v) is 3.23. The molecule has 0 saturated heterocycles. The molecule has 0 bridgehead atoms. The molecule has 0 aliphatic carbocycles. The molecule has 22 heavy (non-hydrogen) atoms. The van der Waals surface area contributed by atoms with E-state index in [1.54, 1.807) is 24.3 Å². The summed E-state index contributed by atoms with van der Waals surface area (Å²) in [6.45, 7) is -2.93. The number of rotatable bonds is 4. The van der Waals surface area contributed by atoms with Gasteiger partial charge in [0, 0.05) is 25.0 Å². The summed E-state index contributed by atoms with van der Waals surface area (Å²) in [4.78, 5) is 0. The molecule has 0 atom stereocenters. The maximum Gasteiger partial charge on any atom is 0.388 e. The second-order valence-corrected chi connectivity index (χ2v) is 4.75. The molecule has 0 unspecified atom stereocenters. The zero-order valence-corrected chi connectivity index (χ0v) is 11.8. The van der Waals surface area contributed by atoms with E-state index in [2.05, 4.69) is 9.84 Å². The summed E-state index contributed by atoms with van der Waals surface area (Å²) < 4.78 is 33.0. The maximum absolute atomic E-state index is 12.6. The van der Waals surface area contributed by atoms with E-state index in [0.29, 0.717) is 17.1 Å². The van der Waals surface area contributed by atoms with Crippen molar-refractivity contribution in [2.45, 2.75) is 6.61 Å². The first-order chi connectivity index (χ1) is 10.5. The number of ether oxygens (including phenoxy) is 1. The van der Waals surface area contributed by atoms with Crippen molar-refractivity contribution in [1.29, 1.82) is 0 Å². The van der Waals surface area contributed by atoms with Gasteiger partial charge in [-0.3, -0.25) is 0 Å². The fourth-order valence-electron chi connectivity index (χ4n) is 2.19. The Bertz CT molecular complexity index is 777. The average Bonchev–Trinajstić information content (AvgIpc) is 3.05. The van der Waals surface area contributed by atoms with E-state index in [0.717, 1.165) is 5.69 Å². The molecule has 114 valence electrons. The van der Waals surface area contributed by atoms with Crippen LogP contribution >= 0.6 is 0 Å². The highest BCUT2D eigenvalue weighted by atomic mass is 19.3. The minimum Gasteiger partial charge on any atom is -0.417 e. The van der Waals surface area contributed by atoms with E-state index >= 15 is 0 Å². The fourth-order valence-corrected chi connectivity index (χ4v) is 2.19. The van der Waals surface area contributed by atoms with Crippen LogP contribution in [0, 0.1) is 0 Å². The second kappa shape index (κ2) is 5.51. The Morgan fingerprint density at radius 3 is 2.50 bits per heavy atom. The molecule has 0 aliphatic heterocycles. The monoisotopic (exact) mass is 304 g/mol. The number of halogens is 2. The fraction of sp³-hybridized carbons (Fsp3) is 0.133. The van der Waals surface area contributed by atoms with Crippen LogP contribution in [0.2, 0.25) is 0 Å². The van der Waals surface area contributed by atoms with Gasteiger partial charge in [0.25, 0.3) is 0 Å². The first-order valence-corrected chi connectivity index (χ1v) is 6.57. The van der Waals surface area contributed by atoms with Crippen molar-refractivity contribution < 1.29 is 13.5 Å². The van der Waals surface area contributed by atoms with Gasteiger partial charge in [-0.1, -0.05) is 0 Å². The molecule has 3 aromatic rings. The first kappa shape index (κ1) is 14.1. The van der Waals surface area contributed by atoms with Gasteiger partial charge in [0.05, 0.1) is 11.4 Å². The van der Waals surface area contributed by atoms with Crippen LogP contribution in [0.4, 0.5) is 14.5 Å². The number of hydrogen-bond donors (Lipinski definition) is 1. The molecule has 0 radical (unpaired) electrons. The molecule has 2 N–H and O–H groups in total. The third kappa shape index (κ3) is 2.65. The van der Waals surface area contributed by atoms with Crippen LogP contribution < -0.4 is 10.5 Å². The lowest BCUT2D eigenvalue weighted by Crippen LogP contribution is -2.07. The van der Waals surface area contributed by atoms with Crippen molar-refractivity contribution in [3.05, 3.63) is 48.7 Å². The Morgan fingerprint density at radius 2 is 1.91 bits per heavy atom. The molecule has 3 rings (SSSR count). The van der Waals surface area contributed by atoms with Gasteiger partial charge >= 0.3 is 6.61 Å². The van der Waals surface area contributed by atoms with E-state index in [1.807, 2.05) is 29.9 Å². The van der Waals surface area contributed by atoms with Crippen LogP contribution in [0.25, 0.3) is 17.1 Å². The number of aryl methyl sites for hydroxylation is 1. The molecule has 5 nitrogen and oxygen atoms in total. The van der Waals surface area contributed by atoms with Crippen LogP contribution in [0.3, 0.4) is 0 Å². The molecule has 2 aromatic heterocycles. The van der Waals surface area contributed by atoms with Gasteiger partial charge in [0.2, 0.25) is 5.88 Å². The van der Waals surface area contributed by atoms with Crippen LogP contribution in [0.1, 0.15) is 0 Å². The standard InChI is InChI=1S/C15H14F2N4O/c1-20-8-2-3-13(20)12-9-14(22-15(16)17)21(19-12)11-6-4-10(18)5-7-11/h2-9,15H,18H2,1H3. The zero-order valence-electron chi connectivity index (χ0n) is 11.8. The third-order valence-electron chi connectivity index (χ3n) is 3.23. The van der Waals surface area contributed by atoms with E-state index in [1.165, 1.54) is 10.7 Å². The average molecular weight is 304 g/mol. The van der Waals surface area contributed by atoms with Gasteiger partial charge in [-0.15, -0.1) is 0 Å². The summed E-state index contributed by atoms with van der Waals surface area (Å²) >= 11 is 0. The van der Waals surface area contributed by atoms with E-state index in [9.17, 15) is 8.78 Å². The van der Waals surface area contributed by atoms with Crippen LogP contribution in [-0.2, 0) is 7.05 Å². The molecular formula is C15H14F2N4O. The molecule has 0 fully saturated rings. The van der Waals surface area contributed by atoms with Crippen LogP contribution in [0.15, 0.2) is 48.7 Å². The van der Waals surface area contributed by atoms with E-state index < -0.39 is 6.61 Å². The Labute approximate surface area is 125 Å². The Morgan fingerprint density at radius 1 is 1.18 bits per heavy atom. The van der Waals surface area contributed by atoms with Gasteiger partial charge in [-0.25, -0.2) is 4.68 Å². The number of nitrogens with two attached hydrogens (primary N) is 1. The van der Waals surface area contributed by atoms with Gasteiger partial charge in [0.15, 0.2) is 0 Å². The Balaban J connectivity index is 2.09. The van der Waals surface area contributed by atoms with E-state index in [4.69, 9.17) is 5.73 Å². The molecule has 0 saturated carbocycles. The second-order valence-electron chi connectivity index (χ2n) is 4.75. The lowest BCUT2D eigenvalue weighted by molar-refractivity contribution is -0.0544. The largest absolute Gasteiger partial charge is 0.417 e. The summed E-state index contributed by atoms with van der Waals surface area (Å²) in [5, 5.41) is 4.36. The highest BCUT2D eigenvalue weighted by molar-refractivity contribution is 5.58. The summed E-state index contributed by atoms with van der Waals surface area (Å²) in [5.41, 5.74) is 8.15. The van der Waals surface area contributed by atoms with Gasteiger partial charge < -0.3 is 15.0 Å². The summed E-state index contributed by atoms with van der Waals surface area (Å²) in [7, 11) is 1.85. The van der Waals surface area contributed by atoms with Crippen molar-refractivity contribution >= 4 is 5.69 Å². The lowest BCUT2D eigenvalue weighted by Gasteiger charge is -2.08. The molecule has 1 aromatic carbocycles. The number of hydrogen-bond acceptors (Lipinski definition) is 3. The van der Waals surface area contributed by atoms with Gasteiger partial charge in [0.1, 0.15) is 5.69 Å². The maximum atomic E-state index is 12.6. The Kier molecular flexibility index (Phi) is 3.54. The highest BCUT2D eigenvalue weighted by Gasteiger charge is 2.17.